The Morgan fingerprint density at radius 1 is 1.09 bits per heavy atom. The van der Waals surface area contributed by atoms with E-state index in [1.54, 1.807) is 4.90 Å². The number of anilines is 1. The van der Waals surface area contributed by atoms with Gasteiger partial charge in [0.05, 0.1) is 42.1 Å². The molecule has 3 atom stereocenters. The summed E-state index contributed by atoms with van der Waals surface area (Å²) in [7, 11) is 0. The van der Waals surface area contributed by atoms with Crippen molar-refractivity contribution in [2.24, 2.45) is 5.92 Å². The van der Waals surface area contributed by atoms with Gasteiger partial charge in [0.15, 0.2) is 5.69 Å². The summed E-state index contributed by atoms with van der Waals surface area (Å²) in [4.78, 5) is 23.5. The number of piperidine rings is 1. The zero-order chi connectivity index (χ0) is 22.5. The number of rotatable bonds is 4. The van der Waals surface area contributed by atoms with Gasteiger partial charge in [0.25, 0.3) is 5.91 Å². The molecule has 2 aromatic heterocycles. The zero-order valence-electron chi connectivity index (χ0n) is 16.5. The minimum Gasteiger partial charge on any atom is -0.364 e. The smallest absolute Gasteiger partial charge is 0.364 e. The number of hydrogen-bond acceptors (Lipinski definition) is 6. The molecule has 1 aliphatic heterocycles. The molecule has 1 saturated carbocycles. The maximum atomic E-state index is 14.0. The van der Waals surface area contributed by atoms with Gasteiger partial charge < -0.3 is 10.2 Å². The number of carbonyl (C=O) groups excluding carboxylic acids is 1. The van der Waals surface area contributed by atoms with E-state index in [9.17, 15) is 22.4 Å². The van der Waals surface area contributed by atoms with Gasteiger partial charge in [-0.3, -0.25) is 4.79 Å². The van der Waals surface area contributed by atoms with E-state index in [-0.39, 0.29) is 35.3 Å². The SMILES string of the molecule is O=C(c1cc(F)ccc1-n1nccn1)N1C[C@H]2CC(Nc3cnc(C(F)(F)F)cn3)C1C2. The third-order valence-electron chi connectivity index (χ3n) is 5.84. The zero-order valence-corrected chi connectivity index (χ0v) is 16.5. The number of carbonyl (C=O) groups is 1. The highest BCUT2D eigenvalue weighted by Gasteiger charge is 2.47. The maximum absolute atomic E-state index is 14.0. The molecule has 2 aliphatic rings. The summed E-state index contributed by atoms with van der Waals surface area (Å²) in [5.74, 6) is -0.476. The molecule has 1 aromatic carbocycles. The minimum atomic E-state index is -4.56. The lowest BCUT2D eigenvalue weighted by Crippen LogP contribution is -2.48. The Morgan fingerprint density at radius 2 is 1.88 bits per heavy atom. The number of likely N-dealkylation sites (tertiary alicyclic amines) is 1. The van der Waals surface area contributed by atoms with Crippen molar-refractivity contribution in [1.29, 1.82) is 0 Å². The molecule has 1 saturated heterocycles. The number of halogens is 4. The van der Waals surface area contributed by atoms with Gasteiger partial charge in [-0.25, -0.2) is 14.4 Å². The molecule has 2 unspecified atom stereocenters. The molecule has 32 heavy (non-hydrogen) atoms. The van der Waals surface area contributed by atoms with E-state index >= 15 is 0 Å². The molecular weight excluding hydrogens is 430 g/mol. The summed E-state index contributed by atoms with van der Waals surface area (Å²) in [6.07, 6.45) is 1.55. The number of aromatic nitrogens is 5. The molecule has 166 valence electrons. The second kappa shape index (κ2) is 7.53. The average Bonchev–Trinajstić information content (AvgIpc) is 3.50. The van der Waals surface area contributed by atoms with Crippen molar-refractivity contribution in [3.05, 3.63) is 60.1 Å². The van der Waals surface area contributed by atoms with E-state index in [4.69, 9.17) is 0 Å². The van der Waals surface area contributed by atoms with Crippen LogP contribution in [0.5, 0.6) is 0 Å². The van der Waals surface area contributed by atoms with Crippen LogP contribution in [-0.4, -0.2) is 54.4 Å². The molecule has 0 spiro atoms. The van der Waals surface area contributed by atoms with Crippen molar-refractivity contribution in [3.8, 4) is 5.69 Å². The summed E-state index contributed by atoms with van der Waals surface area (Å²) in [6.45, 7) is 0.517. The average molecular weight is 447 g/mol. The Hall–Kier alpha value is -3.57. The lowest BCUT2D eigenvalue weighted by molar-refractivity contribution is -0.141. The van der Waals surface area contributed by atoms with Crippen LogP contribution in [0.3, 0.4) is 0 Å². The van der Waals surface area contributed by atoms with Gasteiger partial charge in [0, 0.05) is 12.6 Å². The van der Waals surface area contributed by atoms with Crippen LogP contribution in [0.15, 0.2) is 43.0 Å². The number of fused-ring (bicyclic) bond motifs is 2. The first-order chi connectivity index (χ1) is 15.3. The molecule has 2 fully saturated rings. The van der Waals surface area contributed by atoms with Crippen LogP contribution >= 0.6 is 0 Å². The topological polar surface area (TPSA) is 88.8 Å². The molecule has 1 aliphatic carbocycles. The fraction of sp³-hybridized carbons (Fsp3) is 0.350. The Morgan fingerprint density at radius 3 is 2.53 bits per heavy atom. The number of amides is 1. The summed E-state index contributed by atoms with van der Waals surface area (Å²) in [5.41, 5.74) is -0.567. The van der Waals surface area contributed by atoms with Crippen molar-refractivity contribution >= 4 is 11.7 Å². The van der Waals surface area contributed by atoms with Gasteiger partial charge in [-0.1, -0.05) is 0 Å². The fourth-order valence-electron chi connectivity index (χ4n) is 4.50. The fourth-order valence-corrected chi connectivity index (χ4v) is 4.50. The predicted octanol–water partition coefficient (Wildman–Crippen LogP) is 2.93. The molecule has 2 bridgehead atoms. The van der Waals surface area contributed by atoms with E-state index in [1.807, 2.05) is 0 Å². The van der Waals surface area contributed by atoms with Crippen molar-refractivity contribution in [2.45, 2.75) is 31.1 Å². The van der Waals surface area contributed by atoms with Crippen LogP contribution in [0.1, 0.15) is 28.9 Å². The largest absolute Gasteiger partial charge is 0.434 e. The second-order valence-corrected chi connectivity index (χ2v) is 7.88. The Kier molecular flexibility index (Phi) is 4.79. The normalized spacial score (nSPS) is 22.4. The lowest BCUT2D eigenvalue weighted by Gasteiger charge is -2.34. The van der Waals surface area contributed by atoms with Crippen LogP contribution in [0.2, 0.25) is 0 Å². The van der Waals surface area contributed by atoms with Crippen molar-refractivity contribution in [2.75, 3.05) is 11.9 Å². The number of alkyl halides is 3. The van der Waals surface area contributed by atoms with E-state index in [0.29, 0.717) is 18.4 Å². The molecule has 3 heterocycles. The highest BCUT2D eigenvalue weighted by molar-refractivity contribution is 5.98. The van der Waals surface area contributed by atoms with E-state index in [1.165, 1.54) is 29.3 Å². The van der Waals surface area contributed by atoms with Gasteiger partial charge in [0.2, 0.25) is 0 Å². The molecule has 8 nitrogen and oxygen atoms in total. The Bertz CT molecular complexity index is 1130. The second-order valence-electron chi connectivity index (χ2n) is 7.88. The monoisotopic (exact) mass is 447 g/mol. The lowest BCUT2D eigenvalue weighted by atomic mass is 10.0. The van der Waals surface area contributed by atoms with Gasteiger partial charge in [-0.15, -0.1) is 0 Å². The summed E-state index contributed by atoms with van der Waals surface area (Å²) in [5, 5.41) is 11.2. The van der Waals surface area contributed by atoms with Crippen LogP contribution in [-0.2, 0) is 6.18 Å². The third-order valence-corrected chi connectivity index (χ3v) is 5.84. The van der Waals surface area contributed by atoms with Gasteiger partial charge in [0.1, 0.15) is 11.6 Å². The molecule has 12 heteroatoms. The van der Waals surface area contributed by atoms with Gasteiger partial charge >= 0.3 is 6.18 Å². The highest BCUT2D eigenvalue weighted by Crippen LogP contribution is 2.40. The van der Waals surface area contributed by atoms with E-state index in [0.717, 1.165) is 25.1 Å². The van der Waals surface area contributed by atoms with Crippen LogP contribution < -0.4 is 5.32 Å². The number of nitrogens with one attached hydrogen (secondary N) is 1. The summed E-state index contributed by atoms with van der Waals surface area (Å²) in [6, 6.07) is 3.43. The predicted molar refractivity (Wildman–Crippen MR) is 103 cm³/mol. The molecule has 1 N–H and O–H groups in total. The Labute approximate surface area is 179 Å². The van der Waals surface area contributed by atoms with E-state index < -0.39 is 17.7 Å². The number of hydrogen-bond donors (Lipinski definition) is 1. The highest BCUT2D eigenvalue weighted by atomic mass is 19.4. The maximum Gasteiger partial charge on any atom is 0.434 e. The molecular formula is C20H17F4N7O. The summed E-state index contributed by atoms with van der Waals surface area (Å²) >= 11 is 0. The van der Waals surface area contributed by atoms with Crippen LogP contribution in [0, 0.1) is 11.7 Å². The molecule has 0 radical (unpaired) electrons. The molecule has 3 aromatic rings. The standard InChI is InChI=1S/C20H17F4N7O/c21-12-1-2-15(31-27-3-4-28-31)13(7-12)19(32)30-10-11-5-14(16(30)6-11)29-18-9-25-17(8-26-18)20(22,23)24/h1-4,7-9,11,14,16H,5-6,10H2,(H,26,29)/t11-,14?,16?/m0/s1. The van der Waals surface area contributed by atoms with Gasteiger partial charge in [-0.2, -0.15) is 28.2 Å². The Balaban J connectivity index is 1.37. The third kappa shape index (κ3) is 3.65. The van der Waals surface area contributed by atoms with Gasteiger partial charge in [-0.05, 0) is 37.0 Å². The van der Waals surface area contributed by atoms with Crippen LogP contribution in [0.25, 0.3) is 5.69 Å². The van der Waals surface area contributed by atoms with E-state index in [2.05, 4.69) is 25.5 Å². The first-order valence-corrected chi connectivity index (χ1v) is 9.92. The first-order valence-electron chi connectivity index (χ1n) is 9.92. The summed E-state index contributed by atoms with van der Waals surface area (Å²) < 4.78 is 52.1. The minimum absolute atomic E-state index is 0.141. The number of benzene rings is 1. The first kappa shape index (κ1) is 20.3. The van der Waals surface area contributed by atoms with Crippen molar-refractivity contribution in [3.63, 3.8) is 0 Å². The quantitative estimate of drug-likeness (QED) is 0.619. The van der Waals surface area contributed by atoms with Crippen molar-refractivity contribution < 1.29 is 22.4 Å². The van der Waals surface area contributed by atoms with Crippen LogP contribution in [0.4, 0.5) is 23.4 Å². The number of nitrogens with zero attached hydrogens (tertiary/aromatic N) is 6. The molecule has 1 amide bonds. The van der Waals surface area contributed by atoms with Crippen molar-refractivity contribution in [1.82, 2.24) is 29.9 Å². The molecule has 5 rings (SSSR count).